The number of nitrogens with zero attached hydrogens (tertiary/aromatic N) is 2. The van der Waals surface area contributed by atoms with Gasteiger partial charge in [0.05, 0.1) is 0 Å². The zero-order valence-corrected chi connectivity index (χ0v) is 15.1. The Balaban J connectivity index is 1.63. The summed E-state index contributed by atoms with van der Waals surface area (Å²) in [5.74, 6) is 0.423. The zero-order valence-electron chi connectivity index (χ0n) is 15.1. The highest BCUT2D eigenvalue weighted by Crippen LogP contribution is 2.22. The van der Waals surface area contributed by atoms with Gasteiger partial charge in [0.15, 0.2) is 0 Å². The maximum atomic E-state index is 12.7. The monoisotopic (exact) mass is 339 g/mol. The van der Waals surface area contributed by atoms with E-state index in [4.69, 9.17) is 0 Å². The van der Waals surface area contributed by atoms with Gasteiger partial charge in [0.25, 0.3) is 11.5 Å². The summed E-state index contributed by atoms with van der Waals surface area (Å²) in [5, 5.41) is 0. The van der Waals surface area contributed by atoms with Crippen LogP contribution in [0.5, 0.6) is 0 Å². The van der Waals surface area contributed by atoms with Crippen molar-refractivity contribution >= 4 is 5.91 Å². The molecule has 1 aliphatic rings. The molecule has 0 radical (unpaired) electrons. The number of H-pyrrole nitrogens is 1. The Morgan fingerprint density at radius 2 is 1.96 bits per heavy atom. The smallest absolute Gasteiger partial charge is 0.261 e. The number of likely N-dealkylation sites (tertiary alicyclic amines) is 1. The minimum Gasteiger partial charge on any atom is -0.338 e. The second-order valence-electron chi connectivity index (χ2n) is 7.07. The SMILES string of the molecule is Cc1cc(CC2CCN(C(=O)c3cc(C)c(C)[nH]c3=O)CC2)ccn1. The van der Waals surface area contributed by atoms with Crippen LogP contribution in [-0.4, -0.2) is 33.9 Å². The predicted octanol–water partition coefficient (Wildman–Crippen LogP) is 2.79. The fraction of sp³-hybridized carbons (Fsp3) is 0.450. The number of aromatic amines is 1. The zero-order chi connectivity index (χ0) is 18.0. The van der Waals surface area contributed by atoms with Crippen molar-refractivity contribution in [3.05, 3.63) is 62.8 Å². The van der Waals surface area contributed by atoms with Crippen LogP contribution in [0.3, 0.4) is 0 Å². The Kier molecular flexibility index (Phi) is 5.02. The quantitative estimate of drug-likeness (QED) is 0.935. The molecule has 3 rings (SSSR count). The summed E-state index contributed by atoms with van der Waals surface area (Å²) in [4.78, 5) is 33.6. The van der Waals surface area contributed by atoms with E-state index in [1.807, 2.05) is 31.9 Å². The first kappa shape index (κ1) is 17.4. The molecular weight excluding hydrogens is 314 g/mol. The summed E-state index contributed by atoms with van der Waals surface area (Å²) in [6.45, 7) is 7.17. The van der Waals surface area contributed by atoms with E-state index in [1.165, 1.54) is 5.56 Å². The van der Waals surface area contributed by atoms with Gasteiger partial charge < -0.3 is 9.88 Å². The van der Waals surface area contributed by atoms with Crippen molar-refractivity contribution in [2.24, 2.45) is 5.92 Å². The lowest BCUT2D eigenvalue weighted by Crippen LogP contribution is -2.41. The largest absolute Gasteiger partial charge is 0.338 e. The van der Waals surface area contributed by atoms with E-state index in [0.717, 1.165) is 36.2 Å². The van der Waals surface area contributed by atoms with E-state index in [-0.39, 0.29) is 17.0 Å². The number of amides is 1. The van der Waals surface area contributed by atoms with Crippen LogP contribution in [0, 0.1) is 26.7 Å². The van der Waals surface area contributed by atoms with Crippen LogP contribution in [0.2, 0.25) is 0 Å². The lowest BCUT2D eigenvalue weighted by molar-refractivity contribution is 0.0688. The minimum absolute atomic E-state index is 0.150. The summed E-state index contributed by atoms with van der Waals surface area (Å²) in [7, 11) is 0. The van der Waals surface area contributed by atoms with Gasteiger partial charge in [0.2, 0.25) is 0 Å². The van der Waals surface area contributed by atoms with Crippen LogP contribution in [0.25, 0.3) is 0 Å². The van der Waals surface area contributed by atoms with Crippen LogP contribution >= 0.6 is 0 Å². The molecule has 0 spiro atoms. The number of nitrogens with one attached hydrogen (secondary N) is 1. The first-order valence-corrected chi connectivity index (χ1v) is 8.85. The van der Waals surface area contributed by atoms with Crippen molar-refractivity contribution in [3.63, 3.8) is 0 Å². The number of hydrogen-bond donors (Lipinski definition) is 1. The van der Waals surface area contributed by atoms with Gasteiger partial charge in [0.1, 0.15) is 5.56 Å². The van der Waals surface area contributed by atoms with Gasteiger partial charge in [-0.3, -0.25) is 14.6 Å². The molecule has 0 aromatic carbocycles. The number of aromatic nitrogens is 2. The normalized spacial score (nSPS) is 15.4. The average molecular weight is 339 g/mol. The van der Waals surface area contributed by atoms with E-state index in [9.17, 15) is 9.59 Å². The lowest BCUT2D eigenvalue weighted by atomic mass is 9.90. The predicted molar refractivity (Wildman–Crippen MR) is 97.8 cm³/mol. The molecule has 1 fully saturated rings. The van der Waals surface area contributed by atoms with Crippen molar-refractivity contribution in [1.29, 1.82) is 0 Å². The molecule has 3 heterocycles. The summed E-state index contributed by atoms with van der Waals surface area (Å²) >= 11 is 0. The number of aryl methyl sites for hydroxylation is 3. The van der Waals surface area contributed by atoms with Crippen molar-refractivity contribution < 1.29 is 4.79 Å². The topological polar surface area (TPSA) is 66.1 Å². The Hall–Kier alpha value is -2.43. The van der Waals surface area contributed by atoms with Gasteiger partial charge in [-0.2, -0.15) is 0 Å². The van der Waals surface area contributed by atoms with Gasteiger partial charge in [-0.05, 0) is 75.3 Å². The molecule has 132 valence electrons. The molecule has 1 N–H and O–H groups in total. The standard InChI is InChI=1S/C20H25N3O2/c1-13-10-18(19(24)22-15(13)3)20(25)23-8-5-16(6-9-23)12-17-4-7-21-14(2)11-17/h4,7,10-11,16H,5-6,8-9,12H2,1-3H3,(H,22,24). The second-order valence-corrected chi connectivity index (χ2v) is 7.07. The fourth-order valence-electron chi connectivity index (χ4n) is 3.46. The Morgan fingerprint density at radius 3 is 2.64 bits per heavy atom. The summed E-state index contributed by atoms with van der Waals surface area (Å²) in [6, 6.07) is 5.91. The summed E-state index contributed by atoms with van der Waals surface area (Å²) < 4.78 is 0. The van der Waals surface area contributed by atoms with E-state index >= 15 is 0 Å². The number of carbonyl (C=O) groups excluding carboxylic acids is 1. The van der Waals surface area contributed by atoms with Crippen LogP contribution in [-0.2, 0) is 6.42 Å². The van der Waals surface area contributed by atoms with Gasteiger partial charge in [-0.1, -0.05) is 0 Å². The first-order chi connectivity index (χ1) is 11.9. The van der Waals surface area contributed by atoms with E-state index < -0.39 is 0 Å². The minimum atomic E-state index is -0.289. The number of hydrogen-bond acceptors (Lipinski definition) is 3. The maximum Gasteiger partial charge on any atom is 0.261 e. The van der Waals surface area contributed by atoms with Gasteiger partial charge in [-0.15, -0.1) is 0 Å². The molecular formula is C20H25N3O2. The first-order valence-electron chi connectivity index (χ1n) is 8.85. The molecule has 0 saturated carbocycles. The van der Waals surface area contributed by atoms with Gasteiger partial charge >= 0.3 is 0 Å². The summed E-state index contributed by atoms with van der Waals surface area (Å²) in [5.41, 5.74) is 4.06. The van der Waals surface area contributed by atoms with Crippen molar-refractivity contribution in [2.45, 2.75) is 40.0 Å². The highest BCUT2D eigenvalue weighted by Gasteiger charge is 2.25. The van der Waals surface area contributed by atoms with Crippen LogP contribution in [0.1, 0.15) is 45.7 Å². The van der Waals surface area contributed by atoms with E-state index in [1.54, 1.807) is 6.07 Å². The van der Waals surface area contributed by atoms with Gasteiger partial charge in [-0.25, -0.2) is 0 Å². The molecule has 2 aromatic rings. The van der Waals surface area contributed by atoms with Crippen molar-refractivity contribution in [1.82, 2.24) is 14.9 Å². The molecule has 0 unspecified atom stereocenters. The Labute approximate surface area is 148 Å². The number of rotatable bonds is 3. The molecule has 5 nitrogen and oxygen atoms in total. The molecule has 0 bridgehead atoms. The third kappa shape index (κ3) is 3.98. The Bertz CT molecular complexity index is 833. The third-order valence-corrected chi connectivity index (χ3v) is 5.12. The second kappa shape index (κ2) is 7.21. The molecule has 0 atom stereocenters. The number of piperidine rings is 1. The van der Waals surface area contributed by atoms with Crippen LogP contribution in [0.15, 0.2) is 29.2 Å². The summed E-state index contributed by atoms with van der Waals surface area (Å²) in [6.07, 6.45) is 4.82. The molecule has 2 aromatic heterocycles. The van der Waals surface area contributed by atoms with Crippen molar-refractivity contribution in [2.75, 3.05) is 13.1 Å². The molecule has 25 heavy (non-hydrogen) atoms. The highest BCUT2D eigenvalue weighted by molar-refractivity contribution is 5.94. The average Bonchev–Trinajstić information content (AvgIpc) is 2.58. The van der Waals surface area contributed by atoms with Crippen LogP contribution < -0.4 is 5.56 Å². The number of carbonyl (C=O) groups is 1. The van der Waals surface area contributed by atoms with Crippen LogP contribution in [0.4, 0.5) is 0 Å². The fourth-order valence-corrected chi connectivity index (χ4v) is 3.46. The third-order valence-electron chi connectivity index (χ3n) is 5.12. The lowest BCUT2D eigenvalue weighted by Gasteiger charge is -2.32. The molecule has 5 heteroatoms. The Morgan fingerprint density at radius 1 is 1.24 bits per heavy atom. The maximum absolute atomic E-state index is 12.7. The molecule has 1 saturated heterocycles. The molecule has 0 aliphatic carbocycles. The molecule has 1 aliphatic heterocycles. The number of pyridine rings is 2. The van der Waals surface area contributed by atoms with Crippen molar-refractivity contribution in [3.8, 4) is 0 Å². The van der Waals surface area contributed by atoms with Gasteiger partial charge in [0, 0.05) is 30.7 Å². The van der Waals surface area contributed by atoms with E-state index in [2.05, 4.69) is 22.1 Å². The molecule has 1 amide bonds. The highest BCUT2D eigenvalue weighted by atomic mass is 16.2. The van der Waals surface area contributed by atoms with E-state index in [0.29, 0.717) is 19.0 Å².